The fraction of sp³-hybridized carbons (Fsp3) is 0.400. The van der Waals surface area contributed by atoms with E-state index in [1.807, 2.05) is 6.92 Å². The van der Waals surface area contributed by atoms with Crippen LogP contribution in [0.15, 0.2) is 18.2 Å². The molecule has 2 aromatic rings. The number of H-pyrrole nitrogens is 1. The number of hydrogen-bond acceptors (Lipinski definition) is 7. The van der Waals surface area contributed by atoms with Crippen molar-refractivity contribution >= 4 is 17.7 Å². The highest BCUT2D eigenvalue weighted by molar-refractivity contribution is 5.97. The fourth-order valence-corrected chi connectivity index (χ4v) is 2.74. The second-order valence-corrected chi connectivity index (χ2v) is 6.03. The lowest BCUT2D eigenvalue weighted by Gasteiger charge is -2.13. The number of hydrazine groups is 1. The van der Waals surface area contributed by atoms with Crippen molar-refractivity contribution in [2.45, 2.75) is 26.7 Å². The fourth-order valence-electron chi connectivity index (χ4n) is 2.74. The van der Waals surface area contributed by atoms with Crippen molar-refractivity contribution in [1.29, 1.82) is 0 Å². The van der Waals surface area contributed by atoms with Crippen LogP contribution in [0.5, 0.6) is 17.2 Å². The molecule has 3 N–H and O–H groups in total. The monoisotopic (exact) mass is 405 g/mol. The van der Waals surface area contributed by atoms with Crippen LogP contribution in [0.3, 0.4) is 0 Å². The Labute approximate surface area is 169 Å². The molecular formula is C20H27N3O6. The molecule has 0 spiro atoms. The van der Waals surface area contributed by atoms with Crippen LogP contribution in [-0.4, -0.2) is 44.8 Å². The SMILES string of the molecule is CCCC(=O)NNc1[nH]c(-c2cc(OC)c(OC)c(OC)c2)cc1C(=O)OCC. The number of rotatable bonds is 10. The normalized spacial score (nSPS) is 10.2. The van der Waals surface area contributed by atoms with Gasteiger partial charge >= 0.3 is 5.97 Å². The molecule has 1 heterocycles. The van der Waals surface area contributed by atoms with Gasteiger partial charge in [0.25, 0.3) is 0 Å². The van der Waals surface area contributed by atoms with Gasteiger partial charge in [-0.25, -0.2) is 4.79 Å². The Bertz CT molecular complexity index is 837. The lowest BCUT2D eigenvalue weighted by molar-refractivity contribution is -0.120. The van der Waals surface area contributed by atoms with Crippen molar-refractivity contribution in [2.75, 3.05) is 33.4 Å². The third kappa shape index (κ3) is 5.13. The van der Waals surface area contributed by atoms with Crippen LogP contribution in [0.25, 0.3) is 11.3 Å². The summed E-state index contributed by atoms with van der Waals surface area (Å²) in [7, 11) is 4.57. The average Bonchev–Trinajstić information content (AvgIpc) is 3.16. The minimum atomic E-state index is -0.519. The lowest BCUT2D eigenvalue weighted by atomic mass is 10.1. The maximum absolute atomic E-state index is 12.4. The Hall–Kier alpha value is -3.36. The number of carbonyl (C=O) groups excluding carboxylic acids is 2. The number of methoxy groups -OCH3 is 3. The summed E-state index contributed by atoms with van der Waals surface area (Å²) in [6, 6.07) is 5.14. The molecule has 0 bridgehead atoms. The van der Waals surface area contributed by atoms with Crippen LogP contribution in [0.2, 0.25) is 0 Å². The molecule has 1 aromatic heterocycles. The van der Waals surface area contributed by atoms with Crippen molar-refractivity contribution < 1.29 is 28.5 Å². The molecule has 0 saturated carbocycles. The molecule has 158 valence electrons. The minimum absolute atomic E-state index is 0.189. The summed E-state index contributed by atoms with van der Waals surface area (Å²) in [4.78, 5) is 27.2. The van der Waals surface area contributed by atoms with Gasteiger partial charge in [-0.15, -0.1) is 0 Å². The molecule has 29 heavy (non-hydrogen) atoms. The molecule has 9 heteroatoms. The number of hydrogen-bond donors (Lipinski definition) is 3. The van der Waals surface area contributed by atoms with Gasteiger partial charge in [-0.1, -0.05) is 6.92 Å². The maximum atomic E-state index is 12.4. The zero-order valence-electron chi connectivity index (χ0n) is 17.3. The van der Waals surface area contributed by atoms with E-state index in [2.05, 4.69) is 15.8 Å². The van der Waals surface area contributed by atoms with Crippen molar-refractivity contribution in [3.63, 3.8) is 0 Å². The molecule has 0 radical (unpaired) electrons. The van der Waals surface area contributed by atoms with Gasteiger partial charge in [0, 0.05) is 17.7 Å². The number of amides is 1. The molecule has 0 aliphatic carbocycles. The van der Waals surface area contributed by atoms with Crippen molar-refractivity contribution in [1.82, 2.24) is 10.4 Å². The Balaban J connectivity index is 2.46. The van der Waals surface area contributed by atoms with Crippen molar-refractivity contribution in [3.05, 3.63) is 23.8 Å². The number of benzene rings is 1. The Morgan fingerprint density at radius 2 is 1.66 bits per heavy atom. The first-order valence-corrected chi connectivity index (χ1v) is 9.24. The molecule has 0 aliphatic rings. The van der Waals surface area contributed by atoms with Crippen LogP contribution in [0.1, 0.15) is 37.0 Å². The van der Waals surface area contributed by atoms with Gasteiger partial charge in [-0.3, -0.25) is 15.6 Å². The van der Waals surface area contributed by atoms with Gasteiger partial charge in [-0.2, -0.15) is 0 Å². The maximum Gasteiger partial charge on any atom is 0.341 e. The molecule has 0 aliphatic heterocycles. The number of ether oxygens (including phenoxy) is 4. The number of aromatic amines is 1. The summed E-state index contributed by atoms with van der Waals surface area (Å²) in [6.45, 7) is 3.85. The topological polar surface area (TPSA) is 111 Å². The largest absolute Gasteiger partial charge is 0.493 e. The number of aromatic nitrogens is 1. The van der Waals surface area contributed by atoms with E-state index in [4.69, 9.17) is 18.9 Å². The van der Waals surface area contributed by atoms with Crippen LogP contribution < -0.4 is 25.1 Å². The zero-order valence-corrected chi connectivity index (χ0v) is 17.3. The summed E-state index contributed by atoms with van der Waals surface area (Å²) in [5.74, 6) is 1.01. The number of esters is 1. The van der Waals surface area contributed by atoms with E-state index in [9.17, 15) is 9.59 Å². The predicted octanol–water partition coefficient (Wildman–Crippen LogP) is 3.13. The summed E-state index contributed by atoms with van der Waals surface area (Å²) in [6.07, 6.45) is 1.07. The molecule has 0 atom stereocenters. The Kier molecular flexibility index (Phi) is 7.76. The number of anilines is 1. The molecule has 0 saturated heterocycles. The highest BCUT2D eigenvalue weighted by atomic mass is 16.5. The van der Waals surface area contributed by atoms with Gasteiger partial charge in [0.15, 0.2) is 11.5 Å². The minimum Gasteiger partial charge on any atom is -0.493 e. The van der Waals surface area contributed by atoms with E-state index in [0.717, 1.165) is 0 Å². The van der Waals surface area contributed by atoms with Gasteiger partial charge < -0.3 is 23.9 Å². The highest BCUT2D eigenvalue weighted by Crippen LogP contribution is 2.41. The second-order valence-electron chi connectivity index (χ2n) is 6.03. The second kappa shape index (κ2) is 10.3. The smallest absolute Gasteiger partial charge is 0.341 e. The molecule has 0 fully saturated rings. The summed E-state index contributed by atoms with van der Waals surface area (Å²) in [5.41, 5.74) is 6.88. The van der Waals surface area contributed by atoms with Gasteiger partial charge in [-0.05, 0) is 31.5 Å². The molecule has 1 amide bonds. The standard InChI is InChI=1S/C20H27N3O6/c1-6-8-17(24)22-23-19-13(20(25)29-7-2)11-14(21-19)12-9-15(26-3)18(28-5)16(10-12)27-4/h9-11,21,23H,6-8H2,1-5H3,(H,22,24). The molecule has 1 aromatic carbocycles. The van der Waals surface area contributed by atoms with Crippen LogP contribution >= 0.6 is 0 Å². The first kappa shape index (κ1) is 21.9. The van der Waals surface area contributed by atoms with Crippen molar-refractivity contribution in [2.24, 2.45) is 0 Å². The predicted molar refractivity (Wildman–Crippen MR) is 109 cm³/mol. The first-order chi connectivity index (χ1) is 14.0. The van der Waals surface area contributed by atoms with Gasteiger partial charge in [0.2, 0.25) is 11.7 Å². The van der Waals surface area contributed by atoms with E-state index in [0.29, 0.717) is 47.2 Å². The Morgan fingerprint density at radius 3 is 2.17 bits per heavy atom. The third-order valence-electron chi connectivity index (χ3n) is 4.09. The van der Waals surface area contributed by atoms with E-state index in [-0.39, 0.29) is 18.1 Å². The van der Waals surface area contributed by atoms with Gasteiger partial charge in [0.05, 0.1) is 27.9 Å². The number of nitrogens with one attached hydrogen (secondary N) is 3. The summed E-state index contributed by atoms with van der Waals surface area (Å²) in [5, 5.41) is 0. The lowest BCUT2D eigenvalue weighted by Crippen LogP contribution is -2.30. The van der Waals surface area contributed by atoms with E-state index in [1.165, 1.54) is 21.3 Å². The van der Waals surface area contributed by atoms with Crippen molar-refractivity contribution in [3.8, 4) is 28.5 Å². The highest BCUT2D eigenvalue weighted by Gasteiger charge is 2.20. The van der Waals surface area contributed by atoms with Crippen LogP contribution in [-0.2, 0) is 9.53 Å². The molecule has 9 nitrogen and oxygen atoms in total. The van der Waals surface area contributed by atoms with Crippen LogP contribution in [0.4, 0.5) is 5.82 Å². The first-order valence-electron chi connectivity index (χ1n) is 9.24. The Morgan fingerprint density at radius 1 is 1.00 bits per heavy atom. The van der Waals surface area contributed by atoms with Gasteiger partial charge in [0.1, 0.15) is 11.4 Å². The number of carbonyl (C=O) groups is 2. The molecule has 2 rings (SSSR count). The summed E-state index contributed by atoms with van der Waals surface area (Å²) >= 11 is 0. The zero-order chi connectivity index (χ0) is 21.4. The quantitative estimate of drug-likeness (QED) is 0.411. The van der Waals surface area contributed by atoms with Crippen LogP contribution in [0, 0.1) is 0 Å². The van der Waals surface area contributed by atoms with E-state index in [1.54, 1.807) is 25.1 Å². The summed E-state index contributed by atoms with van der Waals surface area (Å²) < 4.78 is 21.2. The van der Waals surface area contributed by atoms with E-state index >= 15 is 0 Å². The third-order valence-corrected chi connectivity index (χ3v) is 4.09. The van der Waals surface area contributed by atoms with E-state index < -0.39 is 5.97 Å². The molecular weight excluding hydrogens is 378 g/mol. The average molecular weight is 405 g/mol. The molecule has 0 unspecified atom stereocenters.